The maximum absolute atomic E-state index is 12.5. The van der Waals surface area contributed by atoms with E-state index >= 15 is 0 Å². The number of aromatic nitrogens is 3. The molecule has 0 bridgehead atoms. The molecular weight excluding hydrogens is 398 g/mol. The number of hydrogen-bond acceptors (Lipinski definition) is 7. The Morgan fingerprint density at radius 3 is 2.20 bits per heavy atom. The monoisotopic (exact) mass is 417 g/mol. The molecular formula is C22H19N5O2S. The largest absolute Gasteiger partial charge is 0.457 e. The minimum absolute atomic E-state index is 0.0540. The van der Waals surface area contributed by atoms with Crippen molar-refractivity contribution in [3.05, 3.63) is 101 Å². The van der Waals surface area contributed by atoms with Crippen molar-refractivity contribution in [3.8, 4) is 11.5 Å². The zero-order valence-corrected chi connectivity index (χ0v) is 16.8. The Kier molecular flexibility index (Phi) is 5.95. The lowest BCUT2D eigenvalue weighted by atomic mass is 10.2. The average molecular weight is 417 g/mol. The van der Waals surface area contributed by atoms with E-state index in [1.807, 2.05) is 60.7 Å². The van der Waals surface area contributed by atoms with E-state index in [2.05, 4.69) is 15.5 Å². The molecule has 4 rings (SSSR count). The van der Waals surface area contributed by atoms with E-state index in [1.165, 1.54) is 11.8 Å². The predicted octanol–water partition coefficient (Wildman–Crippen LogP) is 4.18. The molecule has 3 N–H and O–H groups in total. The highest BCUT2D eigenvalue weighted by atomic mass is 32.2. The van der Waals surface area contributed by atoms with Gasteiger partial charge in [-0.25, -0.2) is 0 Å². The second-order valence-electron chi connectivity index (χ2n) is 6.35. The van der Waals surface area contributed by atoms with Crippen LogP contribution in [-0.4, -0.2) is 14.9 Å². The van der Waals surface area contributed by atoms with Gasteiger partial charge in [-0.05, 0) is 42.0 Å². The summed E-state index contributed by atoms with van der Waals surface area (Å²) in [5.74, 6) is 8.06. The first-order valence-electron chi connectivity index (χ1n) is 9.20. The minimum atomic E-state index is -0.454. The minimum Gasteiger partial charge on any atom is -0.457 e. The van der Waals surface area contributed by atoms with Crippen molar-refractivity contribution in [1.29, 1.82) is 0 Å². The Hall–Kier alpha value is -3.78. The summed E-state index contributed by atoms with van der Waals surface area (Å²) in [6.07, 6.45) is 0. The molecule has 0 unspecified atom stereocenters. The van der Waals surface area contributed by atoms with Crippen LogP contribution >= 0.6 is 11.8 Å². The summed E-state index contributed by atoms with van der Waals surface area (Å²) in [5, 5.41) is 11.4. The van der Waals surface area contributed by atoms with Crippen molar-refractivity contribution in [2.45, 2.75) is 10.9 Å². The highest BCUT2D eigenvalue weighted by Gasteiger charge is 2.11. The molecule has 7 nitrogen and oxygen atoms in total. The van der Waals surface area contributed by atoms with E-state index in [-0.39, 0.29) is 5.82 Å². The van der Waals surface area contributed by atoms with Gasteiger partial charge < -0.3 is 15.9 Å². The van der Waals surface area contributed by atoms with Crippen LogP contribution in [-0.2, 0) is 5.75 Å². The van der Waals surface area contributed by atoms with Gasteiger partial charge in [0.25, 0.3) is 0 Å². The molecule has 0 saturated heterocycles. The van der Waals surface area contributed by atoms with Gasteiger partial charge in [-0.1, -0.05) is 60.3 Å². The number of rotatable bonds is 7. The average Bonchev–Trinajstić information content (AvgIpc) is 2.79. The molecule has 30 heavy (non-hydrogen) atoms. The van der Waals surface area contributed by atoms with Crippen LogP contribution in [0.1, 0.15) is 5.56 Å². The summed E-state index contributed by atoms with van der Waals surface area (Å²) < 4.78 is 6.77. The van der Waals surface area contributed by atoms with Gasteiger partial charge in [0.05, 0.1) is 0 Å². The molecule has 3 aromatic carbocycles. The number of hydrogen-bond donors (Lipinski definition) is 2. The molecule has 0 radical (unpaired) electrons. The normalized spacial score (nSPS) is 10.5. The maximum Gasteiger partial charge on any atom is 0.315 e. The summed E-state index contributed by atoms with van der Waals surface area (Å²) >= 11 is 1.35. The van der Waals surface area contributed by atoms with E-state index < -0.39 is 5.56 Å². The van der Waals surface area contributed by atoms with Crippen molar-refractivity contribution >= 4 is 23.3 Å². The van der Waals surface area contributed by atoms with Gasteiger partial charge in [0.15, 0.2) is 0 Å². The van der Waals surface area contributed by atoms with Crippen LogP contribution in [0.4, 0.5) is 11.5 Å². The number of benzene rings is 3. The number of anilines is 2. The Balaban J connectivity index is 1.43. The Morgan fingerprint density at radius 1 is 0.867 bits per heavy atom. The highest BCUT2D eigenvalue weighted by Crippen LogP contribution is 2.24. The molecule has 0 fully saturated rings. The van der Waals surface area contributed by atoms with Crippen LogP contribution in [0, 0.1) is 0 Å². The molecule has 1 aromatic heterocycles. The van der Waals surface area contributed by atoms with Crippen LogP contribution in [0.25, 0.3) is 0 Å². The van der Waals surface area contributed by atoms with Crippen molar-refractivity contribution in [2.75, 3.05) is 11.2 Å². The first kappa shape index (κ1) is 19.5. The first-order valence-corrected chi connectivity index (χ1v) is 10.2. The molecule has 0 atom stereocenters. The lowest BCUT2D eigenvalue weighted by Crippen LogP contribution is -2.32. The Bertz CT molecular complexity index is 1170. The van der Waals surface area contributed by atoms with E-state index in [4.69, 9.17) is 10.6 Å². The second kappa shape index (κ2) is 9.15. The molecule has 0 aliphatic heterocycles. The molecule has 0 saturated carbocycles. The van der Waals surface area contributed by atoms with Gasteiger partial charge in [-0.2, -0.15) is 4.68 Å². The summed E-state index contributed by atoms with van der Waals surface area (Å²) in [4.78, 5) is 12.5. The molecule has 8 heteroatoms. The van der Waals surface area contributed by atoms with Crippen LogP contribution in [0.15, 0.2) is 94.9 Å². The van der Waals surface area contributed by atoms with Crippen molar-refractivity contribution < 1.29 is 4.74 Å². The highest BCUT2D eigenvalue weighted by molar-refractivity contribution is 7.98. The fourth-order valence-corrected chi connectivity index (χ4v) is 3.46. The molecule has 4 aromatic rings. The molecule has 0 aliphatic carbocycles. The van der Waals surface area contributed by atoms with E-state index in [0.29, 0.717) is 22.3 Å². The van der Waals surface area contributed by atoms with Gasteiger partial charge in [-0.15, -0.1) is 10.2 Å². The number of thioether (sulfide) groups is 1. The SMILES string of the molecule is Nn1c(SCc2ccccc2)nnc(Nc2ccc(Oc3ccccc3)cc2)c1=O. The summed E-state index contributed by atoms with van der Waals surface area (Å²) in [5.41, 5.74) is 1.33. The molecule has 0 spiro atoms. The van der Waals surface area contributed by atoms with Gasteiger partial charge in [0, 0.05) is 11.4 Å². The Labute approximate surface area is 177 Å². The standard InChI is InChI=1S/C22H19N5O2S/c23-27-21(28)20(25-26-22(27)30-15-16-7-3-1-4-8-16)24-17-11-13-19(14-12-17)29-18-9-5-2-6-10-18/h1-14H,15,23H2,(H,24,25). The van der Waals surface area contributed by atoms with Gasteiger partial charge >= 0.3 is 5.56 Å². The van der Waals surface area contributed by atoms with Crippen molar-refractivity contribution in [2.24, 2.45) is 0 Å². The number of para-hydroxylation sites is 1. The third-order valence-corrected chi connectivity index (χ3v) is 5.18. The lowest BCUT2D eigenvalue weighted by molar-refractivity contribution is 0.483. The number of nitrogens with one attached hydrogen (secondary N) is 1. The number of nitrogens with zero attached hydrogens (tertiary/aromatic N) is 3. The van der Waals surface area contributed by atoms with Gasteiger partial charge in [-0.3, -0.25) is 4.79 Å². The fraction of sp³-hybridized carbons (Fsp3) is 0.0455. The van der Waals surface area contributed by atoms with Crippen LogP contribution in [0.3, 0.4) is 0 Å². The maximum atomic E-state index is 12.5. The molecule has 150 valence electrons. The van der Waals surface area contributed by atoms with Crippen LogP contribution < -0.4 is 21.5 Å². The zero-order chi connectivity index (χ0) is 20.8. The Morgan fingerprint density at radius 2 is 1.50 bits per heavy atom. The lowest BCUT2D eigenvalue weighted by Gasteiger charge is -2.10. The van der Waals surface area contributed by atoms with Crippen LogP contribution in [0.2, 0.25) is 0 Å². The van der Waals surface area contributed by atoms with Gasteiger partial charge in [0.1, 0.15) is 11.5 Å². The quantitative estimate of drug-likeness (QED) is 0.344. The second-order valence-corrected chi connectivity index (χ2v) is 7.29. The van der Waals surface area contributed by atoms with Crippen molar-refractivity contribution in [3.63, 3.8) is 0 Å². The fourth-order valence-electron chi connectivity index (χ4n) is 2.65. The third-order valence-electron chi connectivity index (χ3n) is 4.17. The predicted molar refractivity (Wildman–Crippen MR) is 119 cm³/mol. The first-order chi connectivity index (χ1) is 14.7. The third kappa shape index (κ3) is 4.79. The number of ether oxygens (including phenoxy) is 1. The van der Waals surface area contributed by atoms with E-state index in [9.17, 15) is 4.79 Å². The summed E-state index contributed by atoms with van der Waals surface area (Å²) in [7, 11) is 0. The summed E-state index contributed by atoms with van der Waals surface area (Å²) in [6.45, 7) is 0. The summed E-state index contributed by atoms with van der Waals surface area (Å²) in [6, 6.07) is 26.5. The van der Waals surface area contributed by atoms with E-state index in [1.54, 1.807) is 24.3 Å². The zero-order valence-electron chi connectivity index (χ0n) is 15.9. The molecule has 0 amide bonds. The van der Waals surface area contributed by atoms with E-state index in [0.717, 1.165) is 16.0 Å². The number of nitrogen functional groups attached to an aromatic ring is 1. The van der Waals surface area contributed by atoms with Crippen molar-refractivity contribution in [1.82, 2.24) is 14.9 Å². The van der Waals surface area contributed by atoms with Crippen LogP contribution in [0.5, 0.6) is 11.5 Å². The smallest absolute Gasteiger partial charge is 0.315 e. The molecule has 1 heterocycles. The molecule has 0 aliphatic rings. The topological polar surface area (TPSA) is 95.1 Å². The van der Waals surface area contributed by atoms with Gasteiger partial charge in [0.2, 0.25) is 11.0 Å². The number of nitrogens with two attached hydrogens (primary N) is 1.